The number of hydrogen-bond donors (Lipinski definition) is 0. The van der Waals surface area contributed by atoms with Crippen LogP contribution in [0.1, 0.15) is 5.56 Å². The lowest BCUT2D eigenvalue weighted by Gasteiger charge is -1.99. The van der Waals surface area contributed by atoms with E-state index in [1.807, 2.05) is 6.07 Å². The van der Waals surface area contributed by atoms with Crippen LogP contribution in [0.5, 0.6) is 0 Å². The largest absolute Gasteiger partial charge is 0.250 e. The molecule has 7 heteroatoms. The van der Waals surface area contributed by atoms with Crippen LogP contribution in [-0.2, 0) is 0 Å². The Hall–Kier alpha value is -3.14. The maximum absolute atomic E-state index is 13.6. The van der Waals surface area contributed by atoms with Crippen molar-refractivity contribution < 1.29 is 4.39 Å². The molecule has 3 rings (SSSR count). The van der Waals surface area contributed by atoms with E-state index in [-0.39, 0.29) is 11.5 Å². The molecular formula is C13H7FN6. The molecule has 6 nitrogen and oxygen atoms in total. The molecule has 2 heterocycles. The summed E-state index contributed by atoms with van der Waals surface area (Å²) in [5.74, 6) is -0.462. The van der Waals surface area contributed by atoms with Crippen LogP contribution < -0.4 is 0 Å². The zero-order chi connectivity index (χ0) is 13.9. The number of tetrazole rings is 1. The van der Waals surface area contributed by atoms with E-state index in [1.165, 1.54) is 23.1 Å². The van der Waals surface area contributed by atoms with Gasteiger partial charge in [-0.15, -0.1) is 15.0 Å². The van der Waals surface area contributed by atoms with Crippen LogP contribution in [0.2, 0.25) is 0 Å². The summed E-state index contributed by atoms with van der Waals surface area (Å²) >= 11 is 0. The normalized spacial score (nSPS) is 10.2. The van der Waals surface area contributed by atoms with Crippen molar-refractivity contribution in [3.63, 3.8) is 0 Å². The molecule has 0 fully saturated rings. The Morgan fingerprint density at radius 1 is 1.15 bits per heavy atom. The highest BCUT2D eigenvalue weighted by atomic mass is 19.1. The lowest BCUT2D eigenvalue weighted by atomic mass is 10.2. The molecule has 0 spiro atoms. The summed E-state index contributed by atoms with van der Waals surface area (Å²) in [5.41, 5.74) is 0.899. The van der Waals surface area contributed by atoms with Crippen molar-refractivity contribution in [1.82, 2.24) is 25.2 Å². The van der Waals surface area contributed by atoms with Gasteiger partial charge in [-0.05, 0) is 29.5 Å². The molecule has 96 valence electrons. The first kappa shape index (κ1) is 11.9. The van der Waals surface area contributed by atoms with E-state index in [9.17, 15) is 4.39 Å². The zero-order valence-corrected chi connectivity index (χ0v) is 10.1. The van der Waals surface area contributed by atoms with Crippen molar-refractivity contribution in [2.75, 3.05) is 0 Å². The number of nitriles is 1. The number of hydrogen-bond acceptors (Lipinski definition) is 5. The zero-order valence-electron chi connectivity index (χ0n) is 10.1. The first-order valence-electron chi connectivity index (χ1n) is 5.70. The van der Waals surface area contributed by atoms with Gasteiger partial charge in [-0.3, -0.25) is 0 Å². The fourth-order valence-corrected chi connectivity index (χ4v) is 1.70. The standard InChI is InChI=1S/C13H7FN6/c14-10-5-3-7-16-12(10)13-17-19-20(18-13)11-6-2-1-4-9(11)8-15/h1-7H. The summed E-state index contributed by atoms with van der Waals surface area (Å²) in [7, 11) is 0. The van der Waals surface area contributed by atoms with Gasteiger partial charge >= 0.3 is 0 Å². The maximum atomic E-state index is 13.6. The molecule has 0 saturated carbocycles. The minimum absolute atomic E-state index is 0.0215. The topological polar surface area (TPSA) is 80.3 Å². The fraction of sp³-hybridized carbons (Fsp3) is 0. The molecule has 0 aliphatic rings. The van der Waals surface area contributed by atoms with Gasteiger partial charge in [0.2, 0.25) is 5.82 Å². The molecule has 0 aliphatic carbocycles. The van der Waals surface area contributed by atoms with E-state index in [4.69, 9.17) is 5.26 Å². The Balaban J connectivity index is 2.08. The van der Waals surface area contributed by atoms with Crippen molar-refractivity contribution in [2.24, 2.45) is 0 Å². The van der Waals surface area contributed by atoms with E-state index in [0.717, 1.165) is 0 Å². The second-order valence-corrected chi connectivity index (χ2v) is 3.87. The van der Waals surface area contributed by atoms with Crippen molar-refractivity contribution in [1.29, 1.82) is 5.26 Å². The molecule has 0 aliphatic heterocycles. The second-order valence-electron chi connectivity index (χ2n) is 3.87. The van der Waals surface area contributed by atoms with Crippen molar-refractivity contribution in [2.45, 2.75) is 0 Å². The van der Waals surface area contributed by atoms with Gasteiger partial charge in [0.1, 0.15) is 17.5 Å². The summed E-state index contributed by atoms with van der Waals surface area (Å²) in [4.78, 5) is 5.06. The van der Waals surface area contributed by atoms with Gasteiger partial charge in [-0.25, -0.2) is 9.37 Å². The molecule has 0 bridgehead atoms. The van der Waals surface area contributed by atoms with E-state index < -0.39 is 5.82 Å². The Labute approximate surface area is 113 Å². The Bertz CT molecular complexity index is 804. The Kier molecular flexibility index (Phi) is 2.89. The molecular weight excluding hydrogens is 259 g/mol. The van der Waals surface area contributed by atoms with Crippen LogP contribution in [0.25, 0.3) is 17.2 Å². The summed E-state index contributed by atoms with van der Waals surface area (Å²) in [6.45, 7) is 0. The highest BCUT2D eigenvalue weighted by Crippen LogP contribution is 2.16. The molecule has 0 atom stereocenters. The van der Waals surface area contributed by atoms with Crippen molar-refractivity contribution in [3.05, 3.63) is 54.0 Å². The highest BCUT2D eigenvalue weighted by molar-refractivity contribution is 5.50. The van der Waals surface area contributed by atoms with Crippen molar-refractivity contribution in [3.8, 4) is 23.3 Å². The van der Waals surface area contributed by atoms with Crippen LogP contribution >= 0.6 is 0 Å². The Morgan fingerprint density at radius 2 is 2.00 bits per heavy atom. The quantitative estimate of drug-likeness (QED) is 0.705. The summed E-state index contributed by atoms with van der Waals surface area (Å²) in [6.07, 6.45) is 1.45. The number of pyridine rings is 1. The molecule has 20 heavy (non-hydrogen) atoms. The fourth-order valence-electron chi connectivity index (χ4n) is 1.70. The molecule has 0 N–H and O–H groups in total. The average molecular weight is 266 g/mol. The second kappa shape index (κ2) is 4.85. The smallest absolute Gasteiger partial charge is 0.226 e. The number of halogens is 1. The molecule has 0 saturated heterocycles. The third-order valence-corrected chi connectivity index (χ3v) is 2.62. The van der Waals surface area contributed by atoms with Crippen LogP contribution in [-0.4, -0.2) is 25.2 Å². The number of aromatic nitrogens is 5. The first-order valence-corrected chi connectivity index (χ1v) is 5.70. The summed E-state index contributed by atoms with van der Waals surface area (Å²) < 4.78 is 13.6. The third-order valence-electron chi connectivity index (χ3n) is 2.62. The number of nitrogens with zero attached hydrogens (tertiary/aromatic N) is 6. The predicted octanol–water partition coefficient (Wildman–Crippen LogP) is 1.74. The van der Waals surface area contributed by atoms with E-state index in [1.54, 1.807) is 24.3 Å². The lowest BCUT2D eigenvalue weighted by Crippen LogP contribution is -2.01. The highest BCUT2D eigenvalue weighted by Gasteiger charge is 2.14. The molecule has 0 unspecified atom stereocenters. The van der Waals surface area contributed by atoms with Crippen LogP contribution in [0.15, 0.2) is 42.6 Å². The van der Waals surface area contributed by atoms with Crippen molar-refractivity contribution >= 4 is 0 Å². The van der Waals surface area contributed by atoms with Gasteiger partial charge in [0.15, 0.2) is 5.82 Å². The number of benzene rings is 1. The maximum Gasteiger partial charge on any atom is 0.226 e. The molecule has 3 aromatic rings. The predicted molar refractivity (Wildman–Crippen MR) is 67.1 cm³/mol. The van der Waals surface area contributed by atoms with Gasteiger partial charge in [0.05, 0.1) is 5.56 Å². The first-order chi connectivity index (χ1) is 9.79. The molecule has 2 aromatic heterocycles. The van der Waals surface area contributed by atoms with Gasteiger partial charge in [-0.1, -0.05) is 12.1 Å². The Morgan fingerprint density at radius 3 is 2.80 bits per heavy atom. The van der Waals surface area contributed by atoms with Gasteiger partial charge in [-0.2, -0.15) is 5.26 Å². The van der Waals surface area contributed by atoms with E-state index >= 15 is 0 Å². The lowest BCUT2D eigenvalue weighted by molar-refractivity contribution is 0.624. The third kappa shape index (κ3) is 1.99. The monoisotopic (exact) mass is 266 g/mol. The van der Waals surface area contributed by atoms with Gasteiger partial charge in [0.25, 0.3) is 0 Å². The summed E-state index contributed by atoms with van der Waals surface area (Å²) in [5, 5.41) is 20.7. The van der Waals surface area contributed by atoms with Crippen LogP contribution in [0.3, 0.4) is 0 Å². The number of para-hydroxylation sites is 1. The minimum Gasteiger partial charge on any atom is -0.250 e. The molecule has 1 aromatic carbocycles. The van der Waals surface area contributed by atoms with Crippen LogP contribution in [0.4, 0.5) is 4.39 Å². The van der Waals surface area contributed by atoms with E-state index in [2.05, 4.69) is 20.4 Å². The molecule has 0 radical (unpaired) electrons. The SMILES string of the molecule is N#Cc1ccccc1-n1nnc(-c2ncccc2F)n1. The van der Waals surface area contributed by atoms with Gasteiger partial charge in [0, 0.05) is 6.20 Å². The molecule has 0 amide bonds. The number of rotatable bonds is 2. The van der Waals surface area contributed by atoms with E-state index in [0.29, 0.717) is 11.3 Å². The van der Waals surface area contributed by atoms with Gasteiger partial charge < -0.3 is 0 Å². The summed E-state index contributed by atoms with van der Waals surface area (Å²) in [6, 6.07) is 11.6. The van der Waals surface area contributed by atoms with Crippen LogP contribution in [0, 0.1) is 17.1 Å². The minimum atomic E-state index is -0.527. The average Bonchev–Trinajstić information content (AvgIpc) is 2.97.